The van der Waals surface area contributed by atoms with Gasteiger partial charge in [0.05, 0.1) is 19.1 Å². The van der Waals surface area contributed by atoms with Gasteiger partial charge in [0.1, 0.15) is 0 Å². The van der Waals surface area contributed by atoms with Crippen LogP contribution >= 0.6 is 11.3 Å². The van der Waals surface area contributed by atoms with E-state index in [1.165, 1.54) is 0 Å². The average Bonchev–Trinajstić information content (AvgIpc) is 3.56. The van der Waals surface area contributed by atoms with E-state index in [0.29, 0.717) is 57.9 Å². The topological polar surface area (TPSA) is 114 Å². The molecule has 2 aromatic rings. The molecule has 3 fully saturated rings. The van der Waals surface area contributed by atoms with E-state index in [1.807, 2.05) is 24.0 Å². The van der Waals surface area contributed by atoms with Crippen molar-refractivity contribution in [2.24, 2.45) is 5.92 Å². The first-order valence-corrected chi connectivity index (χ1v) is 12.8. The van der Waals surface area contributed by atoms with Crippen molar-refractivity contribution < 1.29 is 23.9 Å². The van der Waals surface area contributed by atoms with Gasteiger partial charge in [0, 0.05) is 44.7 Å². The highest BCUT2D eigenvalue weighted by Crippen LogP contribution is 2.32. The SMILES string of the molecule is Cc1ccc(NC(=O)c2nnc(C(=O)N3CCC[C@@H](C(=O)N4CCC5(CC4)OCCO5)C3)s2)cc1. The van der Waals surface area contributed by atoms with Crippen molar-refractivity contribution in [3.63, 3.8) is 0 Å². The molecule has 1 N–H and O–H groups in total. The van der Waals surface area contributed by atoms with Gasteiger partial charge in [-0.2, -0.15) is 0 Å². The van der Waals surface area contributed by atoms with Crippen molar-refractivity contribution >= 4 is 34.7 Å². The third kappa shape index (κ3) is 5.21. The van der Waals surface area contributed by atoms with E-state index in [9.17, 15) is 14.4 Å². The van der Waals surface area contributed by atoms with Crippen LogP contribution in [0, 0.1) is 12.8 Å². The predicted octanol–water partition coefficient (Wildman–Crippen LogP) is 2.32. The zero-order valence-corrected chi connectivity index (χ0v) is 20.5. The molecule has 3 aliphatic rings. The van der Waals surface area contributed by atoms with Gasteiger partial charge >= 0.3 is 0 Å². The maximum Gasteiger partial charge on any atom is 0.286 e. The van der Waals surface area contributed by atoms with Gasteiger partial charge in [-0.1, -0.05) is 29.0 Å². The molecule has 1 atom stereocenters. The first-order valence-electron chi connectivity index (χ1n) is 12.0. The fourth-order valence-corrected chi connectivity index (χ4v) is 5.54. The minimum atomic E-state index is -0.521. The van der Waals surface area contributed by atoms with Crippen molar-refractivity contribution in [2.75, 3.05) is 44.7 Å². The lowest BCUT2D eigenvalue weighted by atomic mass is 9.94. The lowest BCUT2D eigenvalue weighted by Gasteiger charge is -2.40. The molecule has 10 nitrogen and oxygen atoms in total. The summed E-state index contributed by atoms with van der Waals surface area (Å²) >= 11 is 0.965. The summed E-state index contributed by atoms with van der Waals surface area (Å²) in [7, 11) is 0. The number of hydrogen-bond donors (Lipinski definition) is 1. The summed E-state index contributed by atoms with van der Waals surface area (Å²) in [6.45, 7) is 5.27. The highest BCUT2D eigenvalue weighted by atomic mass is 32.1. The number of nitrogens with one attached hydrogen (secondary N) is 1. The molecule has 3 saturated heterocycles. The summed E-state index contributed by atoms with van der Waals surface area (Å²) in [6.07, 6.45) is 2.84. The van der Waals surface area contributed by atoms with Crippen LogP contribution < -0.4 is 5.32 Å². The first kappa shape index (κ1) is 23.8. The Balaban J connectivity index is 1.17. The second-order valence-corrected chi connectivity index (χ2v) is 10.2. The smallest absolute Gasteiger partial charge is 0.286 e. The van der Waals surface area contributed by atoms with E-state index in [2.05, 4.69) is 15.5 Å². The molecule has 1 aromatic carbocycles. The Kier molecular flexibility index (Phi) is 6.81. The van der Waals surface area contributed by atoms with E-state index < -0.39 is 11.7 Å². The van der Waals surface area contributed by atoms with Crippen molar-refractivity contribution in [1.29, 1.82) is 0 Å². The Morgan fingerprint density at radius 2 is 1.69 bits per heavy atom. The molecule has 0 unspecified atom stereocenters. The standard InChI is InChI=1S/C24H29N5O5S/c1-16-4-6-18(7-5-16)25-19(30)20-26-27-21(35-20)23(32)29-10-2-3-17(15-29)22(31)28-11-8-24(9-12-28)33-13-14-34-24/h4-7,17H,2-3,8-15H2,1H3,(H,25,30)/t17-/m1/s1. The fourth-order valence-electron chi connectivity index (χ4n) is 4.83. The Morgan fingerprint density at radius 1 is 1.00 bits per heavy atom. The number of aryl methyl sites for hydroxylation is 1. The van der Waals surface area contributed by atoms with Gasteiger partial charge < -0.3 is 24.6 Å². The Hall–Kier alpha value is -2.89. The molecule has 3 aliphatic heterocycles. The number of carbonyl (C=O) groups excluding carboxylic acids is 3. The van der Waals surface area contributed by atoms with Crippen LogP contribution in [0.3, 0.4) is 0 Å². The number of likely N-dealkylation sites (tertiary alicyclic amines) is 2. The number of aromatic nitrogens is 2. The molecule has 1 spiro atoms. The number of rotatable bonds is 4. The zero-order valence-electron chi connectivity index (χ0n) is 19.7. The maximum atomic E-state index is 13.2. The first-order chi connectivity index (χ1) is 16.9. The summed E-state index contributed by atoms with van der Waals surface area (Å²) in [5, 5.41) is 10.9. The van der Waals surface area contributed by atoms with E-state index >= 15 is 0 Å². The third-order valence-corrected chi connectivity index (χ3v) is 7.73. The van der Waals surface area contributed by atoms with Crippen molar-refractivity contribution in [3.05, 3.63) is 39.8 Å². The molecule has 35 heavy (non-hydrogen) atoms. The maximum absolute atomic E-state index is 13.2. The molecular formula is C24H29N5O5S. The Labute approximate surface area is 207 Å². The quantitative estimate of drug-likeness (QED) is 0.687. The number of amides is 3. The molecule has 3 amide bonds. The number of nitrogens with zero attached hydrogens (tertiary/aromatic N) is 4. The van der Waals surface area contributed by atoms with Crippen LogP contribution in [0.4, 0.5) is 5.69 Å². The van der Waals surface area contributed by atoms with Gasteiger partial charge in [0.2, 0.25) is 15.9 Å². The molecule has 186 valence electrons. The lowest BCUT2D eigenvalue weighted by molar-refractivity contribution is -0.188. The second-order valence-electron chi connectivity index (χ2n) is 9.26. The van der Waals surface area contributed by atoms with Crippen molar-refractivity contribution in [2.45, 2.75) is 38.4 Å². The molecule has 0 aliphatic carbocycles. The molecule has 4 heterocycles. The summed E-state index contributed by atoms with van der Waals surface area (Å²) in [4.78, 5) is 42.3. The molecule has 0 saturated carbocycles. The number of benzene rings is 1. The summed E-state index contributed by atoms with van der Waals surface area (Å²) in [5.74, 6) is -1.39. The molecule has 11 heteroatoms. The van der Waals surface area contributed by atoms with Crippen LogP contribution in [-0.4, -0.2) is 82.9 Å². The van der Waals surface area contributed by atoms with Gasteiger partial charge in [0.25, 0.3) is 11.8 Å². The van der Waals surface area contributed by atoms with Crippen LogP contribution in [0.2, 0.25) is 0 Å². The Morgan fingerprint density at radius 3 is 2.40 bits per heavy atom. The van der Waals surface area contributed by atoms with Gasteiger partial charge in [-0.25, -0.2) is 0 Å². The van der Waals surface area contributed by atoms with Gasteiger partial charge in [-0.05, 0) is 31.9 Å². The molecule has 0 radical (unpaired) electrons. The van der Waals surface area contributed by atoms with Crippen LogP contribution in [0.25, 0.3) is 0 Å². The molecular weight excluding hydrogens is 470 g/mol. The van der Waals surface area contributed by atoms with Crippen LogP contribution in [0.5, 0.6) is 0 Å². The highest BCUT2D eigenvalue weighted by Gasteiger charge is 2.42. The molecule has 1 aromatic heterocycles. The van der Waals surface area contributed by atoms with E-state index in [1.54, 1.807) is 17.0 Å². The largest absolute Gasteiger partial charge is 0.347 e. The summed E-state index contributed by atoms with van der Waals surface area (Å²) in [6, 6.07) is 7.41. The highest BCUT2D eigenvalue weighted by molar-refractivity contribution is 7.15. The number of ether oxygens (including phenoxy) is 2. The summed E-state index contributed by atoms with van der Waals surface area (Å²) in [5.41, 5.74) is 1.74. The summed E-state index contributed by atoms with van der Waals surface area (Å²) < 4.78 is 11.5. The third-order valence-electron chi connectivity index (χ3n) is 6.82. The minimum absolute atomic E-state index is 0.0748. The van der Waals surface area contributed by atoms with Gasteiger partial charge in [0.15, 0.2) is 5.79 Å². The lowest BCUT2D eigenvalue weighted by Crippen LogP contribution is -2.51. The fraction of sp³-hybridized carbons (Fsp3) is 0.542. The number of anilines is 1. The van der Waals surface area contributed by atoms with Gasteiger partial charge in [-0.15, -0.1) is 10.2 Å². The zero-order chi connectivity index (χ0) is 24.4. The van der Waals surface area contributed by atoms with Crippen LogP contribution in [0.1, 0.15) is 50.9 Å². The normalized spacial score (nSPS) is 21.8. The average molecular weight is 500 g/mol. The second kappa shape index (κ2) is 10.00. The Bertz CT molecular complexity index is 1090. The van der Waals surface area contributed by atoms with Crippen LogP contribution in [-0.2, 0) is 14.3 Å². The van der Waals surface area contributed by atoms with Gasteiger partial charge in [-0.3, -0.25) is 14.4 Å². The number of piperidine rings is 2. The number of carbonyl (C=O) groups is 3. The van der Waals surface area contributed by atoms with E-state index in [-0.39, 0.29) is 27.7 Å². The minimum Gasteiger partial charge on any atom is -0.347 e. The van der Waals surface area contributed by atoms with E-state index in [0.717, 1.165) is 29.7 Å². The number of hydrogen-bond acceptors (Lipinski definition) is 8. The van der Waals surface area contributed by atoms with Crippen molar-refractivity contribution in [3.8, 4) is 0 Å². The predicted molar refractivity (Wildman–Crippen MR) is 128 cm³/mol. The molecule has 0 bridgehead atoms. The molecule has 5 rings (SSSR count). The van der Waals surface area contributed by atoms with E-state index in [4.69, 9.17) is 9.47 Å². The van der Waals surface area contributed by atoms with Crippen molar-refractivity contribution in [1.82, 2.24) is 20.0 Å². The van der Waals surface area contributed by atoms with Crippen LogP contribution in [0.15, 0.2) is 24.3 Å². The monoisotopic (exact) mass is 499 g/mol.